The minimum absolute atomic E-state index is 0.00919. The lowest BCUT2D eigenvalue weighted by Gasteiger charge is -2.28. The molecule has 2 heterocycles. The molecular weight excluding hydrogens is 288 g/mol. The van der Waals surface area contributed by atoms with Crippen molar-refractivity contribution in [3.63, 3.8) is 0 Å². The Morgan fingerprint density at radius 3 is 2.81 bits per heavy atom. The highest BCUT2D eigenvalue weighted by atomic mass is 32.1. The zero-order valence-corrected chi connectivity index (χ0v) is 12.0. The fraction of sp³-hybridized carbons (Fsp3) is 0.200. The summed E-state index contributed by atoms with van der Waals surface area (Å²) in [5.74, 6) is 0.122. The lowest BCUT2D eigenvalue weighted by Crippen LogP contribution is -2.44. The van der Waals surface area contributed by atoms with Gasteiger partial charge in [-0.3, -0.25) is 9.63 Å². The van der Waals surface area contributed by atoms with Crippen LogP contribution in [-0.4, -0.2) is 34.6 Å². The van der Waals surface area contributed by atoms with Gasteiger partial charge >= 0.3 is 0 Å². The van der Waals surface area contributed by atoms with Crippen molar-refractivity contribution >= 4 is 23.0 Å². The molecule has 5 nitrogen and oxygen atoms in total. The maximum absolute atomic E-state index is 11.7. The summed E-state index contributed by atoms with van der Waals surface area (Å²) in [6.07, 6.45) is -1.31. The quantitative estimate of drug-likeness (QED) is 0.936. The van der Waals surface area contributed by atoms with Gasteiger partial charge in [0.15, 0.2) is 5.84 Å². The van der Waals surface area contributed by atoms with Crippen LogP contribution in [0.3, 0.4) is 0 Å². The van der Waals surface area contributed by atoms with Gasteiger partial charge in [-0.2, -0.15) is 0 Å². The zero-order chi connectivity index (χ0) is 14.7. The van der Waals surface area contributed by atoms with E-state index in [1.807, 2.05) is 47.8 Å². The summed E-state index contributed by atoms with van der Waals surface area (Å²) in [6, 6.07) is 13.5. The molecule has 0 aliphatic carbocycles. The molecule has 0 saturated carbocycles. The van der Waals surface area contributed by atoms with Crippen molar-refractivity contribution in [2.45, 2.75) is 12.8 Å². The lowest BCUT2D eigenvalue weighted by molar-refractivity contribution is -0.150. The number of aliphatic hydroxyl groups is 1. The molecule has 3 rings (SSSR count). The number of thiophene rings is 1. The molecule has 6 heteroatoms. The molecule has 0 saturated heterocycles. The third-order valence-corrected chi connectivity index (χ3v) is 3.91. The Bertz CT molecular complexity index is 640. The second-order valence-electron chi connectivity index (χ2n) is 4.57. The summed E-state index contributed by atoms with van der Waals surface area (Å²) in [5, 5.41) is 13.0. The van der Waals surface area contributed by atoms with Gasteiger partial charge in [0.25, 0.3) is 0 Å². The van der Waals surface area contributed by atoms with Crippen LogP contribution >= 0.6 is 11.3 Å². The van der Waals surface area contributed by atoms with Crippen LogP contribution in [0, 0.1) is 0 Å². The topological polar surface area (TPSA) is 62.1 Å². The first kappa shape index (κ1) is 13.9. The molecule has 1 N–H and O–H groups in total. The van der Waals surface area contributed by atoms with E-state index < -0.39 is 6.23 Å². The Morgan fingerprint density at radius 2 is 2.10 bits per heavy atom. The molecule has 1 aliphatic rings. The van der Waals surface area contributed by atoms with E-state index >= 15 is 0 Å². The number of carbonyl (C=O) groups is 1. The molecule has 1 aromatic heterocycles. The molecule has 108 valence electrons. The number of hydrogen-bond acceptors (Lipinski definition) is 6. The van der Waals surface area contributed by atoms with E-state index in [1.165, 1.54) is 16.4 Å². The number of rotatable bonds is 4. The maximum Gasteiger partial charge on any atom is 0.209 e. The molecular formula is C15H14N2O3S. The minimum atomic E-state index is -1.31. The van der Waals surface area contributed by atoms with E-state index in [0.29, 0.717) is 12.4 Å². The minimum Gasteiger partial charge on any atom is -0.365 e. The predicted octanol–water partition coefficient (Wildman–Crippen LogP) is 1.83. The number of carbonyl (C=O) groups excluding carboxylic acids is 1. The monoisotopic (exact) mass is 302 g/mol. The van der Waals surface area contributed by atoms with E-state index in [2.05, 4.69) is 4.99 Å². The first-order valence-electron chi connectivity index (χ1n) is 6.51. The van der Waals surface area contributed by atoms with Gasteiger partial charge in [-0.15, -0.1) is 11.3 Å². The van der Waals surface area contributed by atoms with Gasteiger partial charge in [-0.25, -0.2) is 10.1 Å². The van der Waals surface area contributed by atoms with E-state index in [4.69, 9.17) is 4.84 Å². The molecule has 0 radical (unpaired) electrons. The van der Waals surface area contributed by atoms with E-state index in [1.54, 1.807) is 0 Å². The van der Waals surface area contributed by atoms with Crippen LogP contribution in [0.25, 0.3) is 0 Å². The summed E-state index contributed by atoms with van der Waals surface area (Å²) in [7, 11) is 0. The van der Waals surface area contributed by atoms with Crippen LogP contribution in [0.5, 0.6) is 0 Å². The number of hydrogen-bond donors (Lipinski definition) is 1. The number of ketones is 1. The van der Waals surface area contributed by atoms with E-state index in [9.17, 15) is 9.90 Å². The van der Waals surface area contributed by atoms with Gasteiger partial charge in [0.1, 0.15) is 6.54 Å². The molecule has 0 spiro atoms. The number of Topliss-reactive ketones (excluding diaryl/α,β-unsaturated/α-hetero) is 1. The second-order valence-corrected chi connectivity index (χ2v) is 5.51. The molecule has 2 aromatic rings. The summed E-state index contributed by atoms with van der Waals surface area (Å²) in [5.41, 5.74) is 1.00. The maximum atomic E-state index is 11.7. The number of aliphatic imine (C=N–C) groups is 1. The fourth-order valence-electron chi connectivity index (χ4n) is 1.98. The number of nitrogens with zero attached hydrogens (tertiary/aromatic N) is 2. The number of hydroxylamine groups is 2. The van der Waals surface area contributed by atoms with Crippen molar-refractivity contribution in [2.75, 3.05) is 6.54 Å². The Balaban J connectivity index is 1.78. The summed E-state index contributed by atoms with van der Waals surface area (Å²) >= 11 is 1.48. The normalized spacial score (nSPS) is 18.7. The van der Waals surface area contributed by atoms with E-state index in [-0.39, 0.29) is 12.3 Å². The molecule has 21 heavy (non-hydrogen) atoms. The summed E-state index contributed by atoms with van der Waals surface area (Å²) < 4.78 is 0. The summed E-state index contributed by atoms with van der Waals surface area (Å²) in [4.78, 5) is 22.2. The fourth-order valence-corrected chi connectivity index (χ4v) is 2.70. The molecule has 0 amide bonds. The highest BCUT2D eigenvalue weighted by molar-refractivity contribution is 7.12. The second kappa shape index (κ2) is 6.17. The van der Waals surface area contributed by atoms with Gasteiger partial charge in [0.05, 0.1) is 11.5 Å². The predicted molar refractivity (Wildman–Crippen MR) is 79.8 cm³/mol. The molecule has 1 aliphatic heterocycles. The standard InChI is InChI=1S/C15H14N2O3S/c18-12-9-17(20-10-11-5-2-1-3-6-11)14(16-15(12)19)13-7-4-8-21-13/h1-8,15,19H,9-10H2. The first-order valence-corrected chi connectivity index (χ1v) is 7.39. The van der Waals surface area contributed by atoms with Crippen molar-refractivity contribution in [3.05, 3.63) is 58.3 Å². The average molecular weight is 302 g/mol. The highest BCUT2D eigenvalue weighted by Crippen LogP contribution is 2.18. The van der Waals surface area contributed by atoms with E-state index in [0.717, 1.165) is 10.4 Å². The van der Waals surface area contributed by atoms with Gasteiger partial charge in [0, 0.05) is 0 Å². The Hall–Kier alpha value is -2.02. The van der Waals surface area contributed by atoms with Crippen molar-refractivity contribution in [1.29, 1.82) is 0 Å². The number of aliphatic hydroxyl groups excluding tert-OH is 1. The average Bonchev–Trinajstić information content (AvgIpc) is 3.03. The molecule has 0 fully saturated rings. The smallest absolute Gasteiger partial charge is 0.209 e. The summed E-state index contributed by atoms with van der Waals surface area (Å²) in [6.45, 7) is 0.333. The van der Waals surface area contributed by atoms with Crippen LogP contribution in [0.15, 0.2) is 52.8 Å². The van der Waals surface area contributed by atoms with Crippen molar-refractivity contribution < 1.29 is 14.7 Å². The van der Waals surface area contributed by atoms with Gasteiger partial charge in [-0.1, -0.05) is 36.4 Å². The molecule has 1 aromatic carbocycles. The van der Waals surface area contributed by atoms with Crippen molar-refractivity contribution in [1.82, 2.24) is 5.06 Å². The number of benzene rings is 1. The van der Waals surface area contributed by atoms with Gasteiger partial charge < -0.3 is 5.11 Å². The first-order chi connectivity index (χ1) is 10.2. The van der Waals surface area contributed by atoms with Gasteiger partial charge in [0.2, 0.25) is 12.0 Å². The third kappa shape index (κ3) is 3.18. The largest absolute Gasteiger partial charge is 0.365 e. The van der Waals surface area contributed by atoms with Crippen LogP contribution in [-0.2, 0) is 16.2 Å². The van der Waals surface area contributed by atoms with Gasteiger partial charge in [-0.05, 0) is 17.0 Å². The SMILES string of the molecule is O=C1CN(OCc2ccccc2)C(c2cccs2)=NC1O. The van der Waals surface area contributed by atoms with Crippen LogP contribution in [0.4, 0.5) is 0 Å². The lowest BCUT2D eigenvalue weighted by atomic mass is 10.2. The zero-order valence-electron chi connectivity index (χ0n) is 11.2. The Kier molecular flexibility index (Phi) is 4.10. The highest BCUT2D eigenvalue weighted by Gasteiger charge is 2.29. The van der Waals surface area contributed by atoms with Crippen molar-refractivity contribution in [2.24, 2.45) is 4.99 Å². The third-order valence-electron chi connectivity index (χ3n) is 3.04. The Morgan fingerprint density at radius 1 is 1.29 bits per heavy atom. The molecule has 0 bridgehead atoms. The molecule has 1 unspecified atom stereocenters. The van der Waals surface area contributed by atoms with Crippen molar-refractivity contribution in [3.8, 4) is 0 Å². The van der Waals surface area contributed by atoms with Crippen LogP contribution < -0.4 is 0 Å². The Labute approximate surface area is 126 Å². The molecule has 1 atom stereocenters. The number of amidine groups is 1. The van der Waals surface area contributed by atoms with Crippen LogP contribution in [0.1, 0.15) is 10.4 Å². The van der Waals surface area contributed by atoms with Crippen LogP contribution in [0.2, 0.25) is 0 Å².